The number of ether oxygens (including phenoxy) is 2. The Hall–Kier alpha value is -2.53. The van der Waals surface area contributed by atoms with Crippen LogP contribution in [0.1, 0.15) is 5.56 Å². The summed E-state index contributed by atoms with van der Waals surface area (Å²) < 4.78 is 11.5. The highest BCUT2D eigenvalue weighted by atomic mass is 16.6. The highest BCUT2D eigenvalue weighted by molar-refractivity contribution is 5.82. The van der Waals surface area contributed by atoms with E-state index in [1.807, 2.05) is 35.2 Å². The van der Waals surface area contributed by atoms with Crippen LogP contribution in [0.15, 0.2) is 54.6 Å². The van der Waals surface area contributed by atoms with Crippen LogP contribution in [0.2, 0.25) is 0 Å². The van der Waals surface area contributed by atoms with Crippen molar-refractivity contribution in [1.29, 1.82) is 0 Å². The monoisotopic (exact) mass is 352 g/mol. The van der Waals surface area contributed by atoms with Gasteiger partial charge >= 0.3 is 0 Å². The lowest BCUT2D eigenvalue weighted by atomic mass is 10.1. The van der Waals surface area contributed by atoms with Crippen molar-refractivity contribution in [2.75, 3.05) is 39.3 Å². The van der Waals surface area contributed by atoms with E-state index >= 15 is 0 Å². The summed E-state index contributed by atoms with van der Waals surface area (Å²) in [5.74, 6) is 1.39. The topological polar surface area (TPSA) is 42.0 Å². The van der Waals surface area contributed by atoms with Gasteiger partial charge in [-0.15, -0.1) is 0 Å². The zero-order chi connectivity index (χ0) is 17.8. The lowest BCUT2D eigenvalue weighted by Crippen LogP contribution is -2.54. The number of carbonyl (C=O) groups is 1. The quantitative estimate of drug-likeness (QED) is 0.846. The average molecular weight is 352 g/mol. The summed E-state index contributed by atoms with van der Waals surface area (Å²) in [6.45, 7) is 4.61. The molecule has 1 atom stereocenters. The van der Waals surface area contributed by atoms with Gasteiger partial charge in [-0.1, -0.05) is 42.5 Å². The van der Waals surface area contributed by atoms with Crippen molar-refractivity contribution in [3.8, 4) is 11.5 Å². The summed E-state index contributed by atoms with van der Waals surface area (Å²) >= 11 is 0. The number of rotatable bonds is 4. The zero-order valence-electron chi connectivity index (χ0n) is 14.8. The molecule has 5 nitrogen and oxygen atoms in total. The van der Waals surface area contributed by atoms with Crippen LogP contribution in [0.5, 0.6) is 11.5 Å². The molecule has 4 rings (SSSR count). The van der Waals surface area contributed by atoms with Gasteiger partial charge in [0.05, 0.1) is 0 Å². The fraction of sp³-hybridized carbons (Fsp3) is 0.381. The smallest absolute Gasteiger partial charge is 0.267 e. The number of benzene rings is 2. The van der Waals surface area contributed by atoms with Gasteiger partial charge in [-0.2, -0.15) is 0 Å². The van der Waals surface area contributed by atoms with Gasteiger partial charge in [-0.25, -0.2) is 0 Å². The Morgan fingerprint density at radius 3 is 2.38 bits per heavy atom. The zero-order valence-corrected chi connectivity index (χ0v) is 14.8. The molecule has 0 N–H and O–H groups in total. The van der Waals surface area contributed by atoms with Crippen molar-refractivity contribution in [3.05, 3.63) is 60.2 Å². The largest absolute Gasteiger partial charge is 0.485 e. The number of fused-ring (bicyclic) bond motifs is 1. The molecule has 0 aliphatic carbocycles. The molecule has 0 spiro atoms. The van der Waals surface area contributed by atoms with Crippen molar-refractivity contribution in [1.82, 2.24) is 9.80 Å². The van der Waals surface area contributed by atoms with Crippen LogP contribution < -0.4 is 9.47 Å². The number of nitrogens with zero attached hydrogens (tertiary/aromatic N) is 2. The van der Waals surface area contributed by atoms with Crippen molar-refractivity contribution >= 4 is 5.91 Å². The van der Waals surface area contributed by atoms with Crippen molar-refractivity contribution < 1.29 is 14.3 Å². The molecule has 2 aromatic rings. The number of hydrogen-bond donors (Lipinski definition) is 0. The second-order valence-corrected chi connectivity index (χ2v) is 6.77. The maximum atomic E-state index is 12.8. The molecule has 0 bridgehead atoms. The summed E-state index contributed by atoms with van der Waals surface area (Å²) in [6.07, 6.45) is 0.506. The maximum absolute atomic E-state index is 12.8. The Balaban J connectivity index is 1.26. The van der Waals surface area contributed by atoms with Gasteiger partial charge in [0, 0.05) is 32.7 Å². The minimum atomic E-state index is -0.541. The predicted molar refractivity (Wildman–Crippen MR) is 99.5 cm³/mol. The number of amides is 1. The summed E-state index contributed by atoms with van der Waals surface area (Å²) in [6, 6.07) is 18.0. The predicted octanol–water partition coefficient (Wildman–Crippen LogP) is 2.21. The van der Waals surface area contributed by atoms with Crippen molar-refractivity contribution in [2.24, 2.45) is 0 Å². The SMILES string of the molecule is O=C(C1COc2ccccc2O1)N1CCN(CCc2ccccc2)CC1. The highest BCUT2D eigenvalue weighted by Crippen LogP contribution is 2.31. The third kappa shape index (κ3) is 3.83. The van der Waals surface area contributed by atoms with E-state index in [1.54, 1.807) is 0 Å². The summed E-state index contributed by atoms with van der Waals surface area (Å²) in [7, 11) is 0. The third-order valence-corrected chi connectivity index (χ3v) is 5.03. The minimum absolute atomic E-state index is 0.0298. The first-order valence-electron chi connectivity index (χ1n) is 9.23. The first kappa shape index (κ1) is 16.9. The molecule has 1 saturated heterocycles. The molecule has 26 heavy (non-hydrogen) atoms. The van der Waals surface area contributed by atoms with Crippen LogP contribution in [-0.4, -0.2) is 61.1 Å². The lowest BCUT2D eigenvalue weighted by Gasteiger charge is -2.37. The highest BCUT2D eigenvalue weighted by Gasteiger charge is 2.32. The third-order valence-electron chi connectivity index (χ3n) is 5.03. The fourth-order valence-corrected chi connectivity index (χ4v) is 3.47. The Labute approximate surface area is 154 Å². The lowest BCUT2D eigenvalue weighted by molar-refractivity contribution is -0.143. The van der Waals surface area contributed by atoms with Crippen LogP contribution in [0.3, 0.4) is 0 Å². The standard InChI is InChI=1S/C21H24N2O3/c24-21(20-16-25-18-8-4-5-9-19(18)26-20)23-14-12-22(13-15-23)11-10-17-6-2-1-3-7-17/h1-9,20H,10-16H2. The minimum Gasteiger partial charge on any atom is -0.485 e. The van der Waals surface area contributed by atoms with Crippen LogP contribution in [0.25, 0.3) is 0 Å². The van der Waals surface area contributed by atoms with Gasteiger partial charge in [0.1, 0.15) is 6.61 Å². The molecule has 136 valence electrons. The van der Waals surface area contributed by atoms with E-state index in [9.17, 15) is 4.79 Å². The van der Waals surface area contributed by atoms with E-state index in [0.717, 1.165) is 39.1 Å². The van der Waals surface area contributed by atoms with Crippen LogP contribution in [0.4, 0.5) is 0 Å². The first-order valence-corrected chi connectivity index (χ1v) is 9.23. The Morgan fingerprint density at radius 1 is 0.923 bits per heavy atom. The normalized spacial score (nSPS) is 20.0. The fourth-order valence-electron chi connectivity index (χ4n) is 3.47. The molecule has 2 heterocycles. The van der Waals surface area contributed by atoms with Crippen molar-refractivity contribution in [2.45, 2.75) is 12.5 Å². The maximum Gasteiger partial charge on any atom is 0.267 e. The van der Waals surface area contributed by atoms with E-state index in [0.29, 0.717) is 11.5 Å². The van der Waals surface area contributed by atoms with E-state index < -0.39 is 6.10 Å². The number of carbonyl (C=O) groups excluding carboxylic acids is 1. The molecular formula is C21H24N2O3. The van der Waals surface area contributed by atoms with Gasteiger partial charge in [-0.05, 0) is 24.1 Å². The molecule has 0 aromatic heterocycles. The molecule has 5 heteroatoms. The van der Waals surface area contributed by atoms with Crippen LogP contribution >= 0.6 is 0 Å². The molecule has 1 unspecified atom stereocenters. The second kappa shape index (κ2) is 7.79. The number of para-hydroxylation sites is 2. The van der Waals surface area contributed by atoms with Crippen LogP contribution in [0, 0.1) is 0 Å². The summed E-state index contributed by atoms with van der Waals surface area (Å²) in [5, 5.41) is 0. The Kier molecular flexibility index (Phi) is 5.07. The summed E-state index contributed by atoms with van der Waals surface area (Å²) in [4.78, 5) is 17.1. The molecule has 2 aromatic carbocycles. The van der Waals surface area contributed by atoms with E-state index in [-0.39, 0.29) is 12.5 Å². The van der Waals surface area contributed by atoms with Gasteiger partial charge < -0.3 is 14.4 Å². The van der Waals surface area contributed by atoms with Crippen LogP contribution in [-0.2, 0) is 11.2 Å². The second-order valence-electron chi connectivity index (χ2n) is 6.77. The van der Waals surface area contributed by atoms with Crippen molar-refractivity contribution in [3.63, 3.8) is 0 Å². The molecule has 1 fully saturated rings. The van der Waals surface area contributed by atoms with E-state index in [4.69, 9.17) is 9.47 Å². The molecule has 2 aliphatic rings. The Bertz CT molecular complexity index is 742. The summed E-state index contributed by atoms with van der Waals surface area (Å²) in [5.41, 5.74) is 1.36. The molecule has 0 saturated carbocycles. The molecular weight excluding hydrogens is 328 g/mol. The van der Waals surface area contributed by atoms with E-state index in [2.05, 4.69) is 29.2 Å². The first-order chi connectivity index (χ1) is 12.8. The Morgan fingerprint density at radius 2 is 1.62 bits per heavy atom. The number of hydrogen-bond acceptors (Lipinski definition) is 4. The van der Waals surface area contributed by atoms with Gasteiger partial charge in [-0.3, -0.25) is 9.69 Å². The molecule has 2 aliphatic heterocycles. The molecule has 1 amide bonds. The average Bonchev–Trinajstić information content (AvgIpc) is 2.72. The molecule has 0 radical (unpaired) electrons. The van der Waals surface area contributed by atoms with Gasteiger partial charge in [0.25, 0.3) is 5.91 Å². The van der Waals surface area contributed by atoms with Gasteiger partial charge in [0.15, 0.2) is 11.5 Å². The van der Waals surface area contributed by atoms with Gasteiger partial charge in [0.2, 0.25) is 6.10 Å². The number of piperazine rings is 1. The van der Waals surface area contributed by atoms with E-state index in [1.165, 1.54) is 5.56 Å².